The van der Waals surface area contributed by atoms with Crippen molar-refractivity contribution in [2.75, 3.05) is 11.9 Å². The molecule has 0 aliphatic carbocycles. The lowest BCUT2D eigenvalue weighted by molar-refractivity contribution is -0.384. The molecule has 0 aliphatic heterocycles. The Balaban J connectivity index is 1.87. The Morgan fingerprint density at radius 1 is 0.865 bits per heavy atom. The molecular formula is C28H22Cl2N2O5. The molecule has 188 valence electrons. The highest BCUT2D eigenvalue weighted by Crippen LogP contribution is 2.43. The van der Waals surface area contributed by atoms with Crippen LogP contribution in [0.4, 0.5) is 11.4 Å². The second kappa shape index (κ2) is 11.0. The fraction of sp³-hybridized carbons (Fsp3) is 0.107. The van der Waals surface area contributed by atoms with Crippen molar-refractivity contribution in [2.24, 2.45) is 0 Å². The van der Waals surface area contributed by atoms with Crippen molar-refractivity contribution in [3.05, 3.63) is 139 Å². The Hall–Kier alpha value is -3.91. The smallest absolute Gasteiger partial charge is 0.323 e. The topological polar surface area (TPSA) is 113 Å². The fourth-order valence-electron chi connectivity index (χ4n) is 4.34. The number of rotatable bonds is 9. The Morgan fingerprint density at radius 2 is 1.38 bits per heavy atom. The minimum atomic E-state index is -1.74. The summed E-state index contributed by atoms with van der Waals surface area (Å²) >= 11 is 12.2. The van der Waals surface area contributed by atoms with Gasteiger partial charge >= 0.3 is 5.97 Å². The normalized spacial score (nSPS) is 12.1. The zero-order valence-electron chi connectivity index (χ0n) is 19.3. The van der Waals surface area contributed by atoms with Gasteiger partial charge in [-0.2, -0.15) is 0 Å². The molecule has 0 saturated heterocycles. The van der Waals surface area contributed by atoms with Crippen molar-refractivity contribution in [2.45, 2.75) is 11.5 Å². The highest BCUT2D eigenvalue weighted by atomic mass is 35.5. The highest BCUT2D eigenvalue weighted by Gasteiger charge is 2.45. The van der Waals surface area contributed by atoms with Gasteiger partial charge < -0.3 is 15.5 Å². The summed E-state index contributed by atoms with van der Waals surface area (Å²) in [6, 6.07) is 25.8. The summed E-state index contributed by atoms with van der Waals surface area (Å²) in [4.78, 5) is 24.4. The number of carboxylic acids is 1. The highest BCUT2D eigenvalue weighted by molar-refractivity contribution is 6.30. The summed E-state index contributed by atoms with van der Waals surface area (Å²) in [5.41, 5.74) is -0.213. The Morgan fingerprint density at radius 3 is 1.86 bits per heavy atom. The van der Waals surface area contributed by atoms with Gasteiger partial charge in [0.15, 0.2) is 0 Å². The first-order valence-electron chi connectivity index (χ1n) is 11.2. The van der Waals surface area contributed by atoms with Crippen LogP contribution in [0.1, 0.15) is 28.4 Å². The molecule has 0 fully saturated rings. The Kier molecular flexibility index (Phi) is 7.78. The van der Waals surface area contributed by atoms with Crippen LogP contribution >= 0.6 is 23.2 Å². The Labute approximate surface area is 223 Å². The quantitative estimate of drug-likeness (QED) is 0.128. The third-order valence-electron chi connectivity index (χ3n) is 6.17. The summed E-state index contributed by atoms with van der Waals surface area (Å²) in [5.74, 6) is -1.19. The van der Waals surface area contributed by atoms with Crippen LogP contribution in [0.5, 0.6) is 0 Å². The van der Waals surface area contributed by atoms with Crippen molar-refractivity contribution >= 4 is 40.5 Å². The molecule has 0 spiro atoms. The molecule has 4 aromatic rings. The van der Waals surface area contributed by atoms with Gasteiger partial charge in [-0.25, -0.2) is 0 Å². The van der Waals surface area contributed by atoms with Crippen LogP contribution in [-0.2, 0) is 10.2 Å². The largest absolute Gasteiger partial charge is 0.480 e. The lowest BCUT2D eigenvalue weighted by atomic mass is 9.69. The minimum absolute atomic E-state index is 0.0315. The van der Waals surface area contributed by atoms with Crippen molar-refractivity contribution in [3.63, 3.8) is 0 Å². The summed E-state index contributed by atoms with van der Waals surface area (Å²) in [5, 5.41) is 36.9. The number of aliphatic hydroxyl groups excluding tert-OH is 1. The molecule has 1 atom stereocenters. The molecule has 0 amide bonds. The van der Waals surface area contributed by atoms with Gasteiger partial charge in [-0.15, -0.1) is 0 Å². The zero-order valence-corrected chi connectivity index (χ0v) is 20.9. The number of nitrogens with one attached hydrogen (secondary N) is 1. The van der Waals surface area contributed by atoms with Crippen LogP contribution in [0.3, 0.4) is 0 Å². The van der Waals surface area contributed by atoms with Crippen LogP contribution in [-0.4, -0.2) is 27.7 Å². The third-order valence-corrected chi connectivity index (χ3v) is 6.68. The SMILES string of the molecule is O=C(O)C(c1ccc(Cl)cc1)(c1ccc(Cl)cc1)c1ccc([N+](=O)[O-])c(NCC(O)c2ccccc2)c1. The number of aliphatic carboxylic acids is 1. The maximum atomic E-state index is 13.1. The summed E-state index contributed by atoms with van der Waals surface area (Å²) in [6.07, 6.45) is -0.943. The van der Waals surface area contributed by atoms with Gasteiger partial charge in [0.2, 0.25) is 0 Å². The molecule has 9 heteroatoms. The molecule has 3 N–H and O–H groups in total. The van der Waals surface area contributed by atoms with E-state index in [9.17, 15) is 25.1 Å². The van der Waals surface area contributed by atoms with E-state index in [4.69, 9.17) is 23.2 Å². The zero-order chi connectivity index (χ0) is 26.6. The van der Waals surface area contributed by atoms with Crippen LogP contribution in [0.2, 0.25) is 10.0 Å². The number of aliphatic hydroxyl groups is 1. The van der Waals surface area contributed by atoms with Crippen molar-refractivity contribution < 1.29 is 19.9 Å². The average molecular weight is 537 g/mol. The molecule has 37 heavy (non-hydrogen) atoms. The summed E-state index contributed by atoms with van der Waals surface area (Å²) in [7, 11) is 0. The molecule has 0 radical (unpaired) electrons. The molecule has 4 rings (SSSR count). The van der Waals surface area contributed by atoms with Crippen molar-refractivity contribution in [3.8, 4) is 0 Å². The van der Waals surface area contributed by atoms with E-state index in [2.05, 4.69) is 5.32 Å². The molecule has 7 nitrogen and oxygen atoms in total. The van der Waals surface area contributed by atoms with E-state index >= 15 is 0 Å². The van der Waals surface area contributed by atoms with Crippen LogP contribution in [0, 0.1) is 10.1 Å². The molecule has 4 aromatic carbocycles. The molecule has 0 saturated carbocycles. The second-order valence-electron chi connectivity index (χ2n) is 8.37. The van der Waals surface area contributed by atoms with E-state index in [1.807, 2.05) is 6.07 Å². The lowest BCUT2D eigenvalue weighted by Crippen LogP contribution is -2.38. The number of halogens is 2. The predicted octanol–water partition coefficient (Wildman–Crippen LogP) is 6.47. The van der Waals surface area contributed by atoms with Crippen LogP contribution < -0.4 is 5.32 Å². The summed E-state index contributed by atoms with van der Waals surface area (Å²) < 4.78 is 0. The van der Waals surface area contributed by atoms with Gasteiger partial charge in [0.05, 0.1) is 11.0 Å². The fourth-order valence-corrected chi connectivity index (χ4v) is 4.59. The number of anilines is 1. The monoisotopic (exact) mass is 536 g/mol. The third kappa shape index (κ3) is 5.29. The van der Waals surface area contributed by atoms with Gasteiger partial charge in [-0.05, 0) is 52.6 Å². The van der Waals surface area contributed by atoms with Gasteiger partial charge in [-0.1, -0.05) is 83.9 Å². The number of carbonyl (C=O) groups is 1. The van der Waals surface area contributed by atoms with Gasteiger partial charge in [-0.3, -0.25) is 14.9 Å². The van der Waals surface area contributed by atoms with E-state index in [1.54, 1.807) is 72.8 Å². The van der Waals surface area contributed by atoms with E-state index in [0.29, 0.717) is 26.7 Å². The van der Waals surface area contributed by atoms with E-state index < -0.39 is 22.4 Å². The first kappa shape index (κ1) is 26.2. The standard InChI is InChI=1S/C28H22Cl2N2O5/c29-22-11-6-19(7-12-22)28(27(34)35,20-8-13-23(30)14-9-20)21-10-15-25(32(36)37)24(16-21)31-17-26(33)18-4-2-1-3-5-18/h1-16,26,31,33H,17H2,(H,34,35). The van der Waals surface area contributed by atoms with Crippen molar-refractivity contribution in [1.29, 1.82) is 0 Å². The summed E-state index contributed by atoms with van der Waals surface area (Å²) in [6.45, 7) is -0.0315. The number of hydrogen-bond donors (Lipinski definition) is 3. The second-order valence-corrected chi connectivity index (χ2v) is 9.24. The first-order valence-corrected chi connectivity index (χ1v) is 12.0. The molecule has 0 aliphatic rings. The lowest BCUT2D eigenvalue weighted by Gasteiger charge is -2.32. The van der Waals surface area contributed by atoms with Gasteiger partial charge in [0, 0.05) is 22.7 Å². The van der Waals surface area contributed by atoms with Crippen molar-refractivity contribution in [1.82, 2.24) is 0 Å². The van der Waals surface area contributed by atoms with E-state index in [0.717, 1.165) is 0 Å². The van der Waals surface area contributed by atoms with E-state index in [-0.39, 0.29) is 23.5 Å². The molecule has 1 unspecified atom stereocenters. The minimum Gasteiger partial charge on any atom is -0.480 e. The number of benzene rings is 4. The van der Waals surface area contributed by atoms with Crippen LogP contribution in [0.25, 0.3) is 0 Å². The number of nitrogens with zero attached hydrogens (tertiary/aromatic N) is 1. The number of carboxylic acid groups (broad SMARTS) is 1. The molecular weight excluding hydrogens is 515 g/mol. The molecule has 0 aromatic heterocycles. The van der Waals surface area contributed by atoms with E-state index in [1.165, 1.54) is 18.2 Å². The molecule has 0 bridgehead atoms. The van der Waals surface area contributed by atoms with Crippen LogP contribution in [0.15, 0.2) is 97.1 Å². The maximum absolute atomic E-state index is 13.1. The Bertz CT molecular complexity index is 1370. The maximum Gasteiger partial charge on any atom is 0.323 e. The first-order chi connectivity index (χ1) is 17.7. The molecule has 0 heterocycles. The average Bonchev–Trinajstić information content (AvgIpc) is 2.90. The number of nitro benzene ring substituents is 1. The number of nitro groups is 1. The van der Waals surface area contributed by atoms with Gasteiger partial charge in [0.25, 0.3) is 5.69 Å². The predicted molar refractivity (Wildman–Crippen MR) is 143 cm³/mol. The number of hydrogen-bond acceptors (Lipinski definition) is 5. The van der Waals surface area contributed by atoms with Gasteiger partial charge in [0.1, 0.15) is 11.1 Å².